The summed E-state index contributed by atoms with van der Waals surface area (Å²) in [6.07, 6.45) is 0.856. The molecule has 0 unspecified atom stereocenters. The molecular formula is C41H53F3N12O8. The van der Waals surface area contributed by atoms with Gasteiger partial charge in [0.25, 0.3) is 0 Å². The Bertz CT molecular complexity index is 2210. The first kappa shape index (κ1) is 50.9. The van der Waals surface area contributed by atoms with Crippen molar-refractivity contribution in [2.75, 3.05) is 20.1 Å². The number of aliphatic carboxylic acids is 1. The van der Waals surface area contributed by atoms with Crippen LogP contribution in [0.1, 0.15) is 49.4 Å². The van der Waals surface area contributed by atoms with Crippen molar-refractivity contribution in [3.8, 4) is 0 Å². The van der Waals surface area contributed by atoms with Gasteiger partial charge in [0, 0.05) is 68.3 Å². The maximum Gasteiger partial charge on any atom is 0.490 e. The molecule has 64 heavy (non-hydrogen) atoms. The normalized spacial score (nSPS) is 12.8. The van der Waals surface area contributed by atoms with E-state index < -0.39 is 65.8 Å². The summed E-state index contributed by atoms with van der Waals surface area (Å²) >= 11 is 0. The maximum absolute atomic E-state index is 14.2. The van der Waals surface area contributed by atoms with Gasteiger partial charge in [-0.15, -0.1) is 0 Å². The summed E-state index contributed by atoms with van der Waals surface area (Å²) < 4.78 is 31.7. The van der Waals surface area contributed by atoms with Gasteiger partial charge in [-0.25, -0.2) is 9.78 Å². The third-order valence-corrected chi connectivity index (χ3v) is 9.33. The molecule has 2 aromatic heterocycles. The summed E-state index contributed by atoms with van der Waals surface area (Å²) in [7, 11) is 1.40. The molecule has 0 saturated heterocycles. The van der Waals surface area contributed by atoms with E-state index in [1.54, 1.807) is 30.5 Å². The highest BCUT2D eigenvalue weighted by Gasteiger charge is 2.38. The molecule has 13 N–H and O–H groups in total. The molecule has 2 aromatic carbocycles. The van der Waals surface area contributed by atoms with Crippen LogP contribution in [0, 0.1) is 0 Å². The van der Waals surface area contributed by atoms with Crippen molar-refractivity contribution in [1.29, 1.82) is 0 Å². The van der Waals surface area contributed by atoms with E-state index in [2.05, 4.69) is 41.2 Å². The number of nitrogens with one attached hydrogen (secondary N) is 6. The topological polar surface area (TPSA) is 326 Å². The van der Waals surface area contributed by atoms with E-state index in [9.17, 15) is 41.9 Å². The van der Waals surface area contributed by atoms with Gasteiger partial charge in [0.2, 0.25) is 35.4 Å². The van der Waals surface area contributed by atoms with Crippen molar-refractivity contribution in [1.82, 2.24) is 41.1 Å². The zero-order chi connectivity index (χ0) is 47.4. The number of halogens is 3. The molecule has 4 atom stereocenters. The third-order valence-electron chi connectivity index (χ3n) is 9.33. The van der Waals surface area contributed by atoms with Crippen LogP contribution in [0.3, 0.4) is 0 Å². The minimum absolute atomic E-state index is 0.0417. The number of nitrogens with zero attached hydrogens (tertiary/aromatic N) is 3. The Kier molecular flexibility index (Phi) is 19.8. The van der Waals surface area contributed by atoms with Crippen molar-refractivity contribution in [2.24, 2.45) is 22.2 Å². The minimum Gasteiger partial charge on any atom is -0.475 e. The number of hydrogen-bond donors (Lipinski definition) is 10. The van der Waals surface area contributed by atoms with Crippen LogP contribution < -0.4 is 38.5 Å². The lowest BCUT2D eigenvalue weighted by molar-refractivity contribution is -0.192. The first-order valence-electron chi connectivity index (χ1n) is 19.9. The molecule has 0 radical (unpaired) electrons. The number of likely N-dealkylation sites (N-methyl/N-ethyl adjacent to an activating group) is 1. The summed E-state index contributed by atoms with van der Waals surface area (Å²) in [6.45, 7) is 1.59. The summed E-state index contributed by atoms with van der Waals surface area (Å²) in [6, 6.07) is 11.8. The Hall–Kier alpha value is -7.46. The predicted octanol–water partition coefficient (Wildman–Crippen LogP) is 0.289. The van der Waals surface area contributed by atoms with Gasteiger partial charge in [0.15, 0.2) is 5.96 Å². The lowest BCUT2D eigenvalue weighted by Crippen LogP contribution is -2.59. The van der Waals surface area contributed by atoms with Crippen LogP contribution in [-0.4, -0.2) is 123 Å². The van der Waals surface area contributed by atoms with E-state index >= 15 is 0 Å². The van der Waals surface area contributed by atoms with Gasteiger partial charge in [0.05, 0.1) is 12.9 Å². The number of guanidine groups is 1. The van der Waals surface area contributed by atoms with E-state index in [4.69, 9.17) is 27.1 Å². The molecule has 346 valence electrons. The lowest BCUT2D eigenvalue weighted by Gasteiger charge is -2.28. The number of H-pyrrole nitrogens is 2. The van der Waals surface area contributed by atoms with E-state index in [-0.39, 0.29) is 63.5 Å². The summed E-state index contributed by atoms with van der Waals surface area (Å²) in [5.74, 6) is -6.59. The number of amides is 6. The van der Waals surface area contributed by atoms with E-state index in [1.165, 1.54) is 19.6 Å². The summed E-state index contributed by atoms with van der Waals surface area (Å²) in [5.41, 5.74) is 19.3. The molecule has 0 aliphatic heterocycles. The number of rotatable bonds is 22. The number of fused-ring (bicyclic) bond motifs is 1. The molecule has 0 bridgehead atoms. The number of aromatic amines is 2. The van der Waals surface area contributed by atoms with Gasteiger partial charge >= 0.3 is 12.1 Å². The van der Waals surface area contributed by atoms with Gasteiger partial charge in [-0.05, 0) is 36.5 Å². The minimum atomic E-state index is -5.08. The highest BCUT2D eigenvalue weighted by molar-refractivity contribution is 5.96. The molecule has 0 spiro atoms. The Labute approximate surface area is 365 Å². The van der Waals surface area contributed by atoms with Crippen LogP contribution in [0.2, 0.25) is 0 Å². The number of benzene rings is 2. The average Bonchev–Trinajstić information content (AvgIpc) is 3.91. The molecule has 0 fully saturated rings. The van der Waals surface area contributed by atoms with Crippen molar-refractivity contribution in [2.45, 2.75) is 82.2 Å². The molecule has 0 saturated carbocycles. The molecule has 4 rings (SSSR count). The highest BCUT2D eigenvalue weighted by atomic mass is 19.4. The fourth-order valence-corrected chi connectivity index (χ4v) is 6.27. The zero-order valence-electron chi connectivity index (χ0n) is 35.1. The number of alkyl halides is 3. The average molecular weight is 899 g/mol. The smallest absolute Gasteiger partial charge is 0.475 e. The van der Waals surface area contributed by atoms with E-state index in [0.29, 0.717) is 17.7 Å². The number of carbonyl (C=O) groups excluding carboxylic acids is 6. The number of carboxylic acid groups (broad SMARTS) is 1. The van der Waals surface area contributed by atoms with E-state index in [1.807, 2.05) is 37.3 Å². The second-order valence-electron chi connectivity index (χ2n) is 14.5. The van der Waals surface area contributed by atoms with Crippen molar-refractivity contribution in [3.63, 3.8) is 0 Å². The highest BCUT2D eigenvalue weighted by Crippen LogP contribution is 2.20. The Morgan fingerprint density at radius 2 is 1.41 bits per heavy atom. The third kappa shape index (κ3) is 17.1. The number of aliphatic imine (C=N–C) groups is 1. The monoisotopic (exact) mass is 898 g/mol. The molecule has 0 aliphatic rings. The van der Waals surface area contributed by atoms with Crippen molar-refractivity contribution >= 4 is 58.3 Å². The van der Waals surface area contributed by atoms with E-state index in [0.717, 1.165) is 21.4 Å². The first-order valence-corrected chi connectivity index (χ1v) is 19.9. The number of aromatic nitrogens is 3. The fourth-order valence-electron chi connectivity index (χ4n) is 6.27. The van der Waals surface area contributed by atoms with Crippen LogP contribution >= 0.6 is 0 Å². The number of para-hydroxylation sites is 1. The van der Waals surface area contributed by atoms with Gasteiger partial charge in [-0.3, -0.25) is 33.8 Å². The molecule has 6 amide bonds. The van der Waals surface area contributed by atoms with Crippen LogP contribution in [-0.2, 0) is 52.8 Å². The SMILES string of the molecule is CCCC(=O)N[C@@H](Cc1cnc[nH]1)C(=O)N[C@H](Cc1ccccc1)C(=O)N[C@@H](CCCN=C(N)N)C(=O)N[C@@H](Cc1c[nH]c2ccccc12)C(=O)N(C)CC(N)=O.O=C(O)C(F)(F)F. The summed E-state index contributed by atoms with van der Waals surface area (Å²) in [4.78, 5) is 105. The predicted molar refractivity (Wildman–Crippen MR) is 228 cm³/mol. The van der Waals surface area contributed by atoms with Gasteiger partial charge in [-0.1, -0.05) is 55.5 Å². The van der Waals surface area contributed by atoms with Crippen molar-refractivity contribution in [3.05, 3.63) is 90.1 Å². The second-order valence-corrected chi connectivity index (χ2v) is 14.5. The van der Waals surface area contributed by atoms with Crippen LogP contribution in [0.5, 0.6) is 0 Å². The van der Waals surface area contributed by atoms with Gasteiger partial charge in [0.1, 0.15) is 24.2 Å². The molecule has 20 nitrogen and oxygen atoms in total. The van der Waals surface area contributed by atoms with Crippen molar-refractivity contribution < 1.29 is 51.8 Å². The fraction of sp³-hybridized carbons (Fsp3) is 0.390. The largest absolute Gasteiger partial charge is 0.490 e. The van der Waals surface area contributed by atoms with Crippen LogP contribution in [0.25, 0.3) is 10.9 Å². The second kappa shape index (κ2) is 24.8. The number of carboxylic acids is 1. The maximum atomic E-state index is 14.2. The Balaban J connectivity index is 0.00000143. The van der Waals surface area contributed by atoms with Crippen LogP contribution in [0.4, 0.5) is 13.2 Å². The van der Waals surface area contributed by atoms with Crippen LogP contribution in [0.15, 0.2) is 78.3 Å². The zero-order valence-corrected chi connectivity index (χ0v) is 35.1. The summed E-state index contributed by atoms with van der Waals surface area (Å²) in [5, 5.41) is 19.1. The molecule has 0 aliphatic carbocycles. The molecule has 4 aromatic rings. The number of imidazole rings is 1. The Morgan fingerprint density at radius 1 is 0.812 bits per heavy atom. The Morgan fingerprint density at radius 3 is 2.00 bits per heavy atom. The van der Waals surface area contributed by atoms with Gasteiger partial charge in [-0.2, -0.15) is 13.2 Å². The number of carbonyl (C=O) groups is 7. The molecule has 2 heterocycles. The molecule has 23 heteroatoms. The quantitative estimate of drug-likeness (QED) is 0.0290. The first-order chi connectivity index (χ1) is 30.3. The van der Waals surface area contributed by atoms with Gasteiger partial charge < -0.3 is 58.4 Å². The number of primary amides is 1. The standard InChI is InChI=1S/C39H52N12O6.C2HF3O2/c1-3-10-34(53)47-31(19-26-21-43-23-46-26)37(56)49-30(17-24-11-5-4-6-12-24)36(55)48-29(15-9-16-44-39(41)42)35(54)50-32(38(57)51(2)22-33(40)52)18-25-20-45-28-14-8-7-13-27(25)28;3-2(4,5)1(6)7/h4-8,11-14,20-21,23,29-32,45H,3,9-10,15-19,22H2,1-2H3,(H2,40,52)(H,43,46)(H,47,53)(H,48,55)(H,49,56)(H,50,54)(H4,41,42,44);(H,6,7)/t29-,30+,31-,32-;/m0./s1. The lowest BCUT2D eigenvalue weighted by atomic mass is 10.0. The number of nitrogens with two attached hydrogens (primary N) is 3. The molecular weight excluding hydrogens is 846 g/mol. The number of hydrogen-bond acceptors (Lipinski definition) is 9.